The zero-order valence-corrected chi connectivity index (χ0v) is 12.8. The lowest BCUT2D eigenvalue weighted by atomic mass is 10.1. The molecule has 0 spiro atoms. The Morgan fingerprint density at radius 2 is 2.30 bits per heavy atom. The molecule has 1 aliphatic rings. The molecule has 1 unspecified atom stereocenters. The van der Waals surface area contributed by atoms with Crippen LogP contribution in [0.1, 0.15) is 25.8 Å². The molecule has 1 aliphatic heterocycles. The van der Waals surface area contributed by atoms with Gasteiger partial charge in [-0.1, -0.05) is 18.5 Å². The van der Waals surface area contributed by atoms with Gasteiger partial charge in [0.15, 0.2) is 0 Å². The van der Waals surface area contributed by atoms with Crippen LogP contribution in [0.15, 0.2) is 18.2 Å². The van der Waals surface area contributed by atoms with E-state index in [1.54, 1.807) is 0 Å². The molecular weight excluding hydrogens is 274 g/mol. The summed E-state index contributed by atoms with van der Waals surface area (Å²) in [6.45, 7) is 7.34. The van der Waals surface area contributed by atoms with E-state index < -0.39 is 0 Å². The number of hydrogen-bond acceptors (Lipinski definition) is 3. The second kappa shape index (κ2) is 6.95. The van der Waals surface area contributed by atoms with Crippen molar-refractivity contribution in [3.05, 3.63) is 28.8 Å². The van der Waals surface area contributed by atoms with Crippen LogP contribution in [0.2, 0.25) is 5.02 Å². The number of carbonyl (C=O) groups excluding carboxylic acids is 1. The van der Waals surface area contributed by atoms with Crippen LogP contribution in [-0.2, 0) is 11.3 Å². The maximum atomic E-state index is 11.8. The third-order valence-electron chi connectivity index (χ3n) is 3.59. The molecule has 1 saturated heterocycles. The number of amides is 1. The Bertz CT molecular complexity index is 478. The number of rotatable bonds is 5. The van der Waals surface area contributed by atoms with E-state index in [-0.39, 0.29) is 11.9 Å². The van der Waals surface area contributed by atoms with Crippen molar-refractivity contribution in [3.8, 4) is 0 Å². The second-order valence-corrected chi connectivity index (χ2v) is 5.55. The van der Waals surface area contributed by atoms with Gasteiger partial charge in [-0.15, -0.1) is 0 Å². The molecule has 1 amide bonds. The summed E-state index contributed by atoms with van der Waals surface area (Å²) in [5, 5.41) is 7.02. The Morgan fingerprint density at radius 3 is 3.05 bits per heavy atom. The van der Waals surface area contributed by atoms with Crippen molar-refractivity contribution in [1.29, 1.82) is 0 Å². The van der Waals surface area contributed by atoms with Gasteiger partial charge in [-0.25, -0.2) is 0 Å². The summed E-state index contributed by atoms with van der Waals surface area (Å²) < 4.78 is 0. The van der Waals surface area contributed by atoms with Crippen molar-refractivity contribution in [2.45, 2.75) is 32.9 Å². The van der Waals surface area contributed by atoms with E-state index in [4.69, 9.17) is 11.6 Å². The molecule has 5 heteroatoms. The summed E-state index contributed by atoms with van der Waals surface area (Å²) in [7, 11) is 0. The standard InChI is InChI=1S/C15H22ClN3O/c1-3-6-17-10-12-9-13(16)4-5-14(12)19-8-7-18-15(20)11(19)2/h4-5,9,11,17H,3,6-8,10H2,1-2H3,(H,18,20). The van der Waals surface area contributed by atoms with E-state index in [1.807, 2.05) is 25.1 Å². The number of benzene rings is 1. The lowest BCUT2D eigenvalue weighted by Gasteiger charge is -2.36. The number of piperazine rings is 1. The average molecular weight is 296 g/mol. The lowest BCUT2D eigenvalue weighted by Crippen LogP contribution is -2.54. The number of nitrogens with one attached hydrogen (secondary N) is 2. The van der Waals surface area contributed by atoms with E-state index in [2.05, 4.69) is 22.5 Å². The van der Waals surface area contributed by atoms with E-state index in [1.165, 1.54) is 0 Å². The SMILES string of the molecule is CCCNCc1cc(Cl)ccc1N1CCNC(=O)C1C. The van der Waals surface area contributed by atoms with Gasteiger partial charge in [-0.2, -0.15) is 0 Å². The molecular formula is C15H22ClN3O. The van der Waals surface area contributed by atoms with Gasteiger partial charge in [0.1, 0.15) is 6.04 Å². The fourth-order valence-electron chi connectivity index (χ4n) is 2.49. The highest BCUT2D eigenvalue weighted by molar-refractivity contribution is 6.30. The Morgan fingerprint density at radius 1 is 1.50 bits per heavy atom. The minimum absolute atomic E-state index is 0.0821. The summed E-state index contributed by atoms with van der Waals surface area (Å²) in [5.74, 6) is 0.0821. The third-order valence-corrected chi connectivity index (χ3v) is 3.83. The summed E-state index contributed by atoms with van der Waals surface area (Å²) >= 11 is 6.11. The molecule has 4 nitrogen and oxygen atoms in total. The average Bonchev–Trinajstić information content (AvgIpc) is 2.43. The monoisotopic (exact) mass is 295 g/mol. The molecule has 0 radical (unpaired) electrons. The first-order chi connectivity index (χ1) is 9.63. The topological polar surface area (TPSA) is 44.4 Å². The van der Waals surface area contributed by atoms with Crippen LogP contribution in [0.3, 0.4) is 0 Å². The number of halogens is 1. The molecule has 0 aliphatic carbocycles. The molecule has 0 bridgehead atoms. The zero-order chi connectivity index (χ0) is 14.5. The normalized spacial score (nSPS) is 19.1. The van der Waals surface area contributed by atoms with Crippen LogP contribution in [0, 0.1) is 0 Å². The molecule has 1 heterocycles. The lowest BCUT2D eigenvalue weighted by molar-refractivity contribution is -0.122. The highest BCUT2D eigenvalue weighted by atomic mass is 35.5. The molecule has 110 valence electrons. The minimum atomic E-state index is -0.144. The first-order valence-corrected chi connectivity index (χ1v) is 7.54. The van der Waals surface area contributed by atoms with Gasteiger partial charge in [-0.05, 0) is 43.7 Å². The Balaban J connectivity index is 2.22. The van der Waals surface area contributed by atoms with E-state index >= 15 is 0 Å². The van der Waals surface area contributed by atoms with Gasteiger partial charge >= 0.3 is 0 Å². The van der Waals surface area contributed by atoms with Crippen molar-refractivity contribution in [1.82, 2.24) is 10.6 Å². The molecule has 1 aromatic rings. The maximum Gasteiger partial charge on any atom is 0.242 e. The zero-order valence-electron chi connectivity index (χ0n) is 12.1. The van der Waals surface area contributed by atoms with Gasteiger partial charge in [0.25, 0.3) is 0 Å². The molecule has 0 aromatic heterocycles. The predicted octanol–water partition coefficient (Wildman–Crippen LogP) is 2.16. The van der Waals surface area contributed by atoms with Crippen LogP contribution in [-0.4, -0.2) is 31.6 Å². The van der Waals surface area contributed by atoms with Gasteiger partial charge in [0.2, 0.25) is 5.91 Å². The minimum Gasteiger partial charge on any atom is -0.358 e. The highest BCUT2D eigenvalue weighted by Crippen LogP contribution is 2.26. The number of carbonyl (C=O) groups is 1. The van der Waals surface area contributed by atoms with Crippen LogP contribution < -0.4 is 15.5 Å². The number of hydrogen-bond donors (Lipinski definition) is 2. The van der Waals surface area contributed by atoms with Gasteiger partial charge in [0.05, 0.1) is 0 Å². The largest absolute Gasteiger partial charge is 0.358 e. The van der Waals surface area contributed by atoms with Gasteiger partial charge in [-0.3, -0.25) is 4.79 Å². The molecule has 2 N–H and O–H groups in total. The number of nitrogens with zero attached hydrogens (tertiary/aromatic N) is 1. The van der Waals surface area contributed by atoms with E-state index in [0.717, 1.165) is 42.3 Å². The predicted molar refractivity (Wildman–Crippen MR) is 83.3 cm³/mol. The first kappa shape index (κ1) is 15.1. The fraction of sp³-hybridized carbons (Fsp3) is 0.533. The third kappa shape index (κ3) is 3.44. The molecule has 0 saturated carbocycles. The number of anilines is 1. The van der Waals surface area contributed by atoms with Crippen molar-refractivity contribution >= 4 is 23.2 Å². The van der Waals surface area contributed by atoms with Crippen molar-refractivity contribution in [2.24, 2.45) is 0 Å². The van der Waals surface area contributed by atoms with Crippen molar-refractivity contribution in [2.75, 3.05) is 24.5 Å². The van der Waals surface area contributed by atoms with Crippen LogP contribution >= 0.6 is 11.6 Å². The van der Waals surface area contributed by atoms with Gasteiger partial charge < -0.3 is 15.5 Å². The van der Waals surface area contributed by atoms with E-state index in [0.29, 0.717) is 6.54 Å². The molecule has 2 rings (SSSR count). The maximum absolute atomic E-state index is 11.8. The van der Waals surface area contributed by atoms with Crippen LogP contribution in [0.5, 0.6) is 0 Å². The fourth-order valence-corrected chi connectivity index (χ4v) is 2.68. The first-order valence-electron chi connectivity index (χ1n) is 7.17. The Kier molecular flexibility index (Phi) is 5.26. The highest BCUT2D eigenvalue weighted by Gasteiger charge is 2.26. The summed E-state index contributed by atoms with van der Waals surface area (Å²) in [6, 6.07) is 5.74. The smallest absolute Gasteiger partial charge is 0.242 e. The Hall–Kier alpha value is -1.26. The molecule has 1 aromatic carbocycles. The second-order valence-electron chi connectivity index (χ2n) is 5.11. The molecule has 20 heavy (non-hydrogen) atoms. The van der Waals surface area contributed by atoms with E-state index in [9.17, 15) is 4.79 Å². The van der Waals surface area contributed by atoms with Crippen LogP contribution in [0.25, 0.3) is 0 Å². The van der Waals surface area contributed by atoms with Crippen molar-refractivity contribution < 1.29 is 4.79 Å². The summed E-state index contributed by atoms with van der Waals surface area (Å²) in [6.07, 6.45) is 1.10. The Labute approximate surface area is 125 Å². The molecule has 1 atom stereocenters. The molecule has 1 fully saturated rings. The quantitative estimate of drug-likeness (QED) is 0.818. The van der Waals surface area contributed by atoms with Crippen LogP contribution in [0.4, 0.5) is 5.69 Å². The summed E-state index contributed by atoms with van der Waals surface area (Å²) in [5.41, 5.74) is 2.24. The van der Waals surface area contributed by atoms with Gasteiger partial charge in [0, 0.05) is 30.3 Å². The summed E-state index contributed by atoms with van der Waals surface area (Å²) in [4.78, 5) is 14.0. The van der Waals surface area contributed by atoms with Crippen molar-refractivity contribution in [3.63, 3.8) is 0 Å².